The van der Waals surface area contributed by atoms with Gasteiger partial charge in [-0.05, 0) is 43.3 Å². The minimum Gasteiger partial charge on any atom is -0.423 e. The summed E-state index contributed by atoms with van der Waals surface area (Å²) in [6, 6.07) is 22.3. The Balaban J connectivity index is 2.07. The second-order valence-corrected chi connectivity index (χ2v) is 6.42. The predicted octanol–water partition coefficient (Wildman–Crippen LogP) is 5.65. The monoisotopic (exact) mass is 399 g/mol. The van der Waals surface area contributed by atoms with Gasteiger partial charge in [-0.1, -0.05) is 43.0 Å². The average molecular weight is 399 g/mol. The first-order valence-corrected chi connectivity index (χ1v) is 9.25. The van der Waals surface area contributed by atoms with Gasteiger partial charge in [0, 0.05) is 41.3 Å². The van der Waals surface area contributed by atoms with Crippen molar-refractivity contribution < 1.29 is 19.1 Å². The number of esters is 2. The van der Waals surface area contributed by atoms with Crippen molar-refractivity contribution in [2.45, 2.75) is 6.92 Å². The molecule has 3 rings (SSSR count). The van der Waals surface area contributed by atoms with Crippen LogP contribution in [-0.4, -0.2) is 11.9 Å². The van der Waals surface area contributed by atoms with Crippen molar-refractivity contribution in [2.24, 2.45) is 0 Å². The fourth-order valence-electron chi connectivity index (χ4n) is 2.83. The molecule has 0 saturated carbocycles. The molecule has 0 unspecified atom stereocenters. The number of ether oxygens (including phenoxy) is 2. The summed E-state index contributed by atoms with van der Waals surface area (Å²) >= 11 is 0. The van der Waals surface area contributed by atoms with Gasteiger partial charge in [-0.3, -0.25) is 0 Å². The fraction of sp³-hybridized carbons (Fsp3) is 0.0400. The fourth-order valence-corrected chi connectivity index (χ4v) is 2.83. The molecule has 0 saturated heterocycles. The zero-order valence-electron chi connectivity index (χ0n) is 16.6. The highest BCUT2D eigenvalue weighted by atomic mass is 16.5. The van der Waals surface area contributed by atoms with Crippen molar-refractivity contribution in [3.05, 3.63) is 104 Å². The molecule has 5 heteroatoms. The second-order valence-electron chi connectivity index (χ2n) is 6.42. The van der Waals surface area contributed by atoms with Crippen LogP contribution in [0.15, 0.2) is 98.1 Å². The van der Waals surface area contributed by atoms with Crippen molar-refractivity contribution in [1.82, 2.24) is 0 Å². The highest BCUT2D eigenvalue weighted by molar-refractivity contribution is 5.85. The molecule has 0 aliphatic rings. The van der Waals surface area contributed by atoms with Gasteiger partial charge in [0.15, 0.2) is 0 Å². The summed E-state index contributed by atoms with van der Waals surface area (Å²) in [7, 11) is 0. The molecule has 0 heterocycles. The molecule has 0 aromatic heterocycles. The molecule has 0 aliphatic heterocycles. The van der Waals surface area contributed by atoms with E-state index < -0.39 is 11.9 Å². The van der Waals surface area contributed by atoms with E-state index in [1.54, 1.807) is 36.4 Å². The van der Waals surface area contributed by atoms with E-state index in [2.05, 4.69) is 13.2 Å². The second kappa shape index (κ2) is 9.39. The van der Waals surface area contributed by atoms with Crippen molar-refractivity contribution in [2.75, 3.05) is 4.90 Å². The van der Waals surface area contributed by atoms with Gasteiger partial charge in [0.25, 0.3) is 0 Å². The number of nitrogens with zero attached hydrogens (tertiary/aromatic N) is 1. The Bertz CT molecular complexity index is 1020. The summed E-state index contributed by atoms with van der Waals surface area (Å²) in [6.45, 7) is 8.86. The van der Waals surface area contributed by atoms with Crippen LogP contribution >= 0.6 is 0 Å². The zero-order chi connectivity index (χ0) is 21.5. The van der Waals surface area contributed by atoms with Gasteiger partial charge in [-0.2, -0.15) is 0 Å². The van der Waals surface area contributed by atoms with Crippen molar-refractivity contribution in [3.63, 3.8) is 0 Å². The molecule has 0 amide bonds. The third-order valence-electron chi connectivity index (χ3n) is 4.21. The van der Waals surface area contributed by atoms with Crippen molar-refractivity contribution >= 4 is 29.0 Å². The molecule has 5 nitrogen and oxygen atoms in total. The van der Waals surface area contributed by atoms with E-state index in [0.29, 0.717) is 11.5 Å². The number of carbonyl (C=O) groups excluding carboxylic acids is 2. The molecule has 3 aromatic carbocycles. The molecule has 150 valence electrons. The molecular weight excluding hydrogens is 378 g/mol. The highest BCUT2D eigenvalue weighted by Gasteiger charge is 2.15. The number of anilines is 3. The van der Waals surface area contributed by atoms with Crippen LogP contribution in [0.4, 0.5) is 17.1 Å². The lowest BCUT2D eigenvalue weighted by molar-refractivity contribution is -0.129. The van der Waals surface area contributed by atoms with Crippen LogP contribution < -0.4 is 14.4 Å². The maximum atomic E-state index is 11.6. The number of carbonyl (C=O) groups is 2. The van der Waals surface area contributed by atoms with E-state index in [1.165, 1.54) is 0 Å². The van der Waals surface area contributed by atoms with Gasteiger partial charge in [-0.25, -0.2) is 9.59 Å². The van der Waals surface area contributed by atoms with Crippen LogP contribution in [0, 0.1) is 6.92 Å². The Labute approximate surface area is 175 Å². The van der Waals surface area contributed by atoms with E-state index in [0.717, 1.165) is 34.8 Å². The maximum Gasteiger partial charge on any atom is 0.335 e. The Kier molecular flexibility index (Phi) is 6.45. The summed E-state index contributed by atoms with van der Waals surface area (Å²) in [4.78, 5) is 25.2. The number of aryl methyl sites for hydroxylation is 1. The molecule has 0 N–H and O–H groups in total. The van der Waals surface area contributed by atoms with Crippen LogP contribution in [0.1, 0.15) is 5.56 Å². The summed E-state index contributed by atoms with van der Waals surface area (Å²) in [5.41, 5.74) is 3.54. The van der Waals surface area contributed by atoms with Crippen LogP contribution in [0.25, 0.3) is 0 Å². The van der Waals surface area contributed by atoms with Crippen LogP contribution in [0.2, 0.25) is 0 Å². The minimum atomic E-state index is -0.535. The minimum absolute atomic E-state index is 0.392. The molecule has 0 spiro atoms. The lowest BCUT2D eigenvalue weighted by Gasteiger charge is -2.26. The first kappa shape index (κ1) is 20.6. The van der Waals surface area contributed by atoms with Crippen LogP contribution in [-0.2, 0) is 9.59 Å². The standard InChI is InChI=1S/C25H21NO4/c1-4-24(27)29-22-10-6-8-20(16-22)26(19-14-12-18(3)13-15-19)21-9-7-11-23(17-21)30-25(28)5-2/h4-17H,1-2H2,3H3. The summed E-state index contributed by atoms with van der Waals surface area (Å²) < 4.78 is 10.5. The number of hydrogen-bond acceptors (Lipinski definition) is 5. The Morgan fingerprint density at radius 1 is 0.733 bits per heavy atom. The van der Waals surface area contributed by atoms with E-state index in [4.69, 9.17) is 9.47 Å². The quantitative estimate of drug-likeness (QED) is 0.292. The first-order chi connectivity index (χ1) is 14.5. The molecule has 0 fully saturated rings. The first-order valence-electron chi connectivity index (χ1n) is 9.25. The van der Waals surface area contributed by atoms with E-state index in [-0.39, 0.29) is 0 Å². The van der Waals surface area contributed by atoms with E-state index in [1.807, 2.05) is 48.2 Å². The lowest BCUT2D eigenvalue weighted by Crippen LogP contribution is -2.11. The lowest BCUT2D eigenvalue weighted by atomic mass is 10.1. The normalized spacial score (nSPS) is 10.0. The molecule has 3 aromatic rings. The molecular formula is C25H21NO4. The van der Waals surface area contributed by atoms with Gasteiger partial charge in [0.1, 0.15) is 11.5 Å². The number of rotatable bonds is 7. The van der Waals surface area contributed by atoms with E-state index in [9.17, 15) is 9.59 Å². The van der Waals surface area contributed by atoms with Crippen LogP contribution in [0.5, 0.6) is 11.5 Å². The van der Waals surface area contributed by atoms with E-state index >= 15 is 0 Å². The van der Waals surface area contributed by atoms with Gasteiger partial charge in [0.05, 0.1) is 0 Å². The highest BCUT2D eigenvalue weighted by Crippen LogP contribution is 2.37. The zero-order valence-corrected chi connectivity index (χ0v) is 16.6. The van der Waals surface area contributed by atoms with Gasteiger partial charge in [0.2, 0.25) is 0 Å². The smallest absolute Gasteiger partial charge is 0.335 e. The topological polar surface area (TPSA) is 55.8 Å². The van der Waals surface area contributed by atoms with Crippen molar-refractivity contribution in [3.8, 4) is 11.5 Å². The Morgan fingerprint density at radius 2 is 1.20 bits per heavy atom. The number of hydrogen-bond donors (Lipinski definition) is 0. The summed E-state index contributed by atoms with van der Waals surface area (Å²) in [6.07, 6.45) is 2.23. The molecule has 0 bridgehead atoms. The Hall–Kier alpha value is -4.12. The van der Waals surface area contributed by atoms with Gasteiger partial charge < -0.3 is 14.4 Å². The molecule has 30 heavy (non-hydrogen) atoms. The molecule has 0 atom stereocenters. The van der Waals surface area contributed by atoms with Crippen LogP contribution in [0.3, 0.4) is 0 Å². The summed E-state index contributed by atoms with van der Waals surface area (Å²) in [5.74, 6) is -0.285. The molecule has 0 aliphatic carbocycles. The average Bonchev–Trinajstić information content (AvgIpc) is 2.75. The number of benzene rings is 3. The SMILES string of the molecule is C=CC(=O)Oc1cccc(N(c2ccc(C)cc2)c2cccc(OC(=O)C=C)c2)c1. The Morgan fingerprint density at radius 3 is 1.63 bits per heavy atom. The largest absolute Gasteiger partial charge is 0.423 e. The summed E-state index contributed by atoms with van der Waals surface area (Å²) in [5, 5.41) is 0. The third kappa shape index (κ3) is 5.02. The predicted molar refractivity (Wildman–Crippen MR) is 118 cm³/mol. The van der Waals surface area contributed by atoms with Gasteiger partial charge >= 0.3 is 11.9 Å². The van der Waals surface area contributed by atoms with Gasteiger partial charge in [-0.15, -0.1) is 0 Å². The third-order valence-corrected chi connectivity index (χ3v) is 4.21. The van der Waals surface area contributed by atoms with Crippen molar-refractivity contribution in [1.29, 1.82) is 0 Å². The molecule has 0 radical (unpaired) electrons. The maximum absolute atomic E-state index is 11.6.